The number of unbranched alkanes of at least 4 members (excludes halogenated alkanes) is 3. The van der Waals surface area contributed by atoms with Crippen molar-refractivity contribution in [3.8, 4) is 0 Å². The molecule has 0 aliphatic heterocycles. The summed E-state index contributed by atoms with van der Waals surface area (Å²) in [4.78, 5) is 0. The Balaban J connectivity index is -0.0000000655. The quantitative estimate of drug-likeness (QED) is 0.690. The zero-order valence-electron chi connectivity index (χ0n) is 11.2. The Morgan fingerprint density at radius 1 is 0.562 bits per heavy atom. The molecule has 0 bridgehead atoms. The second-order valence-electron chi connectivity index (χ2n) is 3.17. The predicted octanol–water partition coefficient (Wildman–Crippen LogP) is 0.0596. The zero-order valence-corrected chi connectivity index (χ0v) is 14.5. The van der Waals surface area contributed by atoms with Crippen molar-refractivity contribution in [3.63, 3.8) is 0 Å². The van der Waals surface area contributed by atoms with E-state index in [0.717, 1.165) is 38.5 Å². The first kappa shape index (κ1) is 25.6. The van der Waals surface area contributed by atoms with E-state index >= 15 is 0 Å². The van der Waals surface area contributed by atoms with E-state index < -0.39 is 0 Å². The third-order valence-electron chi connectivity index (χ3n) is 1.49. The van der Waals surface area contributed by atoms with Gasteiger partial charge in [-0.2, -0.15) is 0 Å². The molecule has 0 aromatic rings. The van der Waals surface area contributed by atoms with Gasteiger partial charge in [0.2, 0.25) is 0 Å². The van der Waals surface area contributed by atoms with Crippen molar-refractivity contribution in [2.45, 2.75) is 59.3 Å². The molecule has 0 aromatic heterocycles. The molecule has 0 fully saturated rings. The summed E-state index contributed by atoms with van der Waals surface area (Å²) in [5.74, 6) is 0. The van der Waals surface area contributed by atoms with Gasteiger partial charge >= 0.3 is 25.8 Å². The molecule has 0 aromatic carbocycles. The Morgan fingerprint density at radius 3 is 0.750 bits per heavy atom. The van der Waals surface area contributed by atoms with Crippen molar-refractivity contribution >= 4 is 25.8 Å². The molecule has 0 spiro atoms. The second-order valence-corrected chi connectivity index (χ2v) is 3.17. The van der Waals surface area contributed by atoms with E-state index in [0.29, 0.717) is 0 Å². The molecule has 0 heterocycles. The van der Waals surface area contributed by atoms with Gasteiger partial charge in [0.15, 0.2) is 0 Å². The molecule has 96 valence electrons. The van der Waals surface area contributed by atoms with Gasteiger partial charge in [0.25, 0.3) is 0 Å². The zero-order chi connectivity index (χ0) is 12.4. The summed E-state index contributed by atoms with van der Waals surface area (Å²) in [5, 5.41) is 28.6. The van der Waals surface area contributed by atoms with E-state index in [2.05, 4.69) is 0 Å². The number of rotatable bonds is 6. The van der Waals surface area contributed by atoms with E-state index in [4.69, 9.17) is 0 Å². The molecular weight excluding hydrogens is 307 g/mol. The largest absolute Gasteiger partial charge is 3.00 e. The summed E-state index contributed by atoms with van der Waals surface area (Å²) in [6, 6.07) is 0. The molecule has 0 unspecified atom stereocenters. The molecule has 16 heavy (non-hydrogen) atoms. The van der Waals surface area contributed by atoms with Crippen molar-refractivity contribution in [3.05, 3.63) is 0 Å². The first-order chi connectivity index (χ1) is 7.24. The molecule has 0 aliphatic carbocycles. The molecule has 0 rings (SSSR count). The fourth-order valence-electron chi connectivity index (χ4n) is 0.433. The first-order valence-corrected chi connectivity index (χ1v) is 5.99. The van der Waals surface area contributed by atoms with E-state index in [9.17, 15) is 15.3 Å². The van der Waals surface area contributed by atoms with Gasteiger partial charge in [-0.3, -0.25) is 0 Å². The van der Waals surface area contributed by atoms with Gasteiger partial charge < -0.3 is 15.3 Å². The van der Waals surface area contributed by atoms with Crippen molar-refractivity contribution in [2.24, 2.45) is 0 Å². The van der Waals surface area contributed by atoms with Crippen molar-refractivity contribution in [1.29, 1.82) is 0 Å². The van der Waals surface area contributed by atoms with Crippen LogP contribution in [0.5, 0.6) is 0 Å². The van der Waals surface area contributed by atoms with Gasteiger partial charge in [0.1, 0.15) is 0 Å². The Hall–Kier alpha value is 0.750. The van der Waals surface area contributed by atoms with Crippen LogP contribution in [0.1, 0.15) is 59.3 Å². The van der Waals surface area contributed by atoms with Crippen LogP contribution in [0.15, 0.2) is 0 Å². The maximum Gasteiger partial charge on any atom is 3.00 e. The van der Waals surface area contributed by atoms with Crippen LogP contribution in [0.4, 0.5) is 0 Å². The fraction of sp³-hybridized carbons (Fsp3) is 1.00. The third-order valence-corrected chi connectivity index (χ3v) is 1.49. The average Bonchev–Trinajstić information content (AvgIpc) is 2.23. The Labute approximate surface area is 120 Å². The summed E-state index contributed by atoms with van der Waals surface area (Å²) < 4.78 is 0. The predicted molar refractivity (Wildman–Crippen MR) is 65.1 cm³/mol. The maximum absolute atomic E-state index is 9.53. The second kappa shape index (κ2) is 36.0. The van der Waals surface area contributed by atoms with Crippen molar-refractivity contribution in [1.82, 2.24) is 0 Å². The summed E-state index contributed by atoms with van der Waals surface area (Å²) in [6.07, 6.45) is 5.59. The van der Waals surface area contributed by atoms with Crippen LogP contribution in [0.25, 0.3) is 0 Å². The maximum atomic E-state index is 9.53. The van der Waals surface area contributed by atoms with Gasteiger partial charge in [0, 0.05) is 0 Å². The van der Waals surface area contributed by atoms with E-state index in [1.165, 1.54) is 0 Å². The SMILES string of the molecule is CCCC[O-].CCCC[O-].CCCC[O-].[In+3]. The average molecular weight is 334 g/mol. The van der Waals surface area contributed by atoms with E-state index in [-0.39, 0.29) is 45.7 Å². The Kier molecular flexibility index (Phi) is 57.6. The Morgan fingerprint density at radius 2 is 0.750 bits per heavy atom. The van der Waals surface area contributed by atoms with Gasteiger partial charge in [-0.1, -0.05) is 59.3 Å². The van der Waals surface area contributed by atoms with Gasteiger partial charge in [0.05, 0.1) is 0 Å². The van der Waals surface area contributed by atoms with Gasteiger partial charge in [-0.25, -0.2) is 0 Å². The standard InChI is InChI=1S/3C4H9O.In/c3*1-2-3-4-5;/h3*2-4H2,1H3;/q3*-1;+3. The molecule has 0 N–H and O–H groups in total. The normalized spacial score (nSPS) is 7.88. The van der Waals surface area contributed by atoms with Crippen LogP contribution in [-0.4, -0.2) is 45.7 Å². The van der Waals surface area contributed by atoms with Crippen LogP contribution >= 0.6 is 0 Å². The van der Waals surface area contributed by atoms with Gasteiger partial charge in [-0.15, -0.1) is 19.8 Å². The van der Waals surface area contributed by atoms with Crippen LogP contribution in [0.2, 0.25) is 0 Å². The van der Waals surface area contributed by atoms with Gasteiger partial charge in [-0.05, 0) is 0 Å². The molecule has 0 atom stereocenters. The number of hydrogen-bond donors (Lipinski definition) is 0. The molecule has 0 amide bonds. The summed E-state index contributed by atoms with van der Waals surface area (Å²) in [5.41, 5.74) is 0. The molecular formula is C12H27InO3. The third kappa shape index (κ3) is 61.2. The molecule has 0 aliphatic rings. The van der Waals surface area contributed by atoms with E-state index in [1.807, 2.05) is 20.8 Å². The summed E-state index contributed by atoms with van der Waals surface area (Å²) in [7, 11) is 0. The molecule has 3 nitrogen and oxygen atoms in total. The van der Waals surface area contributed by atoms with Crippen LogP contribution in [0, 0.1) is 0 Å². The minimum absolute atomic E-state index is 0. The van der Waals surface area contributed by atoms with E-state index in [1.54, 1.807) is 0 Å². The molecule has 4 heteroatoms. The van der Waals surface area contributed by atoms with Crippen molar-refractivity contribution < 1.29 is 15.3 Å². The Bertz CT molecular complexity index is 53.0. The van der Waals surface area contributed by atoms with Crippen molar-refractivity contribution in [2.75, 3.05) is 19.8 Å². The summed E-state index contributed by atoms with van der Waals surface area (Å²) >= 11 is 0. The fourth-order valence-corrected chi connectivity index (χ4v) is 0.433. The minimum atomic E-state index is 0. The van der Waals surface area contributed by atoms with Crippen LogP contribution in [0.3, 0.4) is 0 Å². The molecule has 0 saturated carbocycles. The monoisotopic (exact) mass is 334 g/mol. The molecule has 0 radical (unpaired) electrons. The summed E-state index contributed by atoms with van der Waals surface area (Å²) in [6.45, 7) is 6.32. The molecule has 0 saturated heterocycles. The minimum Gasteiger partial charge on any atom is -0.854 e. The topological polar surface area (TPSA) is 69.2 Å². The smallest absolute Gasteiger partial charge is 0.854 e. The first-order valence-electron chi connectivity index (χ1n) is 5.99. The van der Waals surface area contributed by atoms with Crippen LogP contribution in [-0.2, 0) is 0 Å². The van der Waals surface area contributed by atoms with Crippen LogP contribution < -0.4 is 15.3 Å². The number of hydrogen-bond acceptors (Lipinski definition) is 3.